The molecule has 43 valence electrons. The lowest BCUT2D eigenvalue weighted by atomic mass is 11.0. The van der Waals surface area contributed by atoms with Gasteiger partial charge in [0.15, 0.2) is 9.84 Å². The molecule has 0 heterocycles. The van der Waals surface area contributed by atoms with Crippen molar-refractivity contribution in [1.82, 2.24) is 5.73 Å². The van der Waals surface area contributed by atoms with E-state index >= 15 is 0 Å². The van der Waals surface area contributed by atoms with Gasteiger partial charge in [0.25, 0.3) is 0 Å². The third kappa shape index (κ3) is 2.59. The van der Waals surface area contributed by atoms with Crippen LogP contribution in [0.3, 0.4) is 0 Å². The normalized spacial score (nSPS) is 11.7. The molecule has 0 unspecified atom stereocenters. The van der Waals surface area contributed by atoms with E-state index < -0.39 is 15.7 Å². The van der Waals surface area contributed by atoms with Crippen molar-refractivity contribution in [3.8, 4) is 0 Å². The summed E-state index contributed by atoms with van der Waals surface area (Å²) in [5.74, 6) is -0.403. The van der Waals surface area contributed by atoms with Crippen LogP contribution in [0, 0.1) is 0 Å². The highest BCUT2D eigenvalue weighted by molar-refractivity contribution is 7.91. The van der Waals surface area contributed by atoms with Crippen molar-refractivity contribution in [2.75, 3.05) is 11.6 Å². The highest BCUT2D eigenvalue weighted by Gasteiger charge is 2.00. The largest absolute Gasteiger partial charge is 0.242 e. The Morgan fingerprint density at radius 2 is 2.00 bits per heavy atom. The van der Waals surface area contributed by atoms with Crippen LogP contribution in [0.25, 0.3) is 0 Å². The first-order chi connectivity index (χ1) is 3.12. The average Bonchev–Trinajstić information content (AvgIpc) is 1.68. The minimum absolute atomic E-state index is 0.0799. The van der Waals surface area contributed by atoms with Crippen molar-refractivity contribution in [3.63, 3.8) is 0 Å². The molecule has 0 spiro atoms. The van der Waals surface area contributed by atoms with Gasteiger partial charge < -0.3 is 0 Å². The van der Waals surface area contributed by atoms with Gasteiger partial charge in [-0.05, 0) is 0 Å². The number of hydrogen-bond donors (Lipinski definition) is 0. The van der Waals surface area contributed by atoms with Gasteiger partial charge in [0.05, 0.1) is 0 Å². The van der Waals surface area contributed by atoms with Gasteiger partial charge in [-0.15, -0.1) is 0 Å². The third-order valence-electron chi connectivity index (χ3n) is 0.660. The molecule has 0 rings (SSSR count). The van der Waals surface area contributed by atoms with E-state index in [0.717, 1.165) is 0 Å². The summed E-state index contributed by atoms with van der Waals surface area (Å²) in [7, 11) is -2.99. The van der Waals surface area contributed by atoms with Crippen LogP contribution >= 0.6 is 0 Å². The van der Waals surface area contributed by atoms with Gasteiger partial charge in [-0.3, -0.25) is 0 Å². The van der Waals surface area contributed by atoms with E-state index in [2.05, 4.69) is 0 Å². The molecule has 0 aliphatic carbocycles. The summed E-state index contributed by atoms with van der Waals surface area (Å²) in [4.78, 5) is 0. The topological polar surface area (TPSA) is 57.9 Å². The number of rotatable bonds is 2. The molecule has 0 saturated carbocycles. The Morgan fingerprint density at radius 1 is 1.57 bits per heavy atom. The molecule has 3 nitrogen and oxygen atoms in total. The van der Waals surface area contributed by atoms with Crippen LogP contribution in [0.15, 0.2) is 0 Å². The van der Waals surface area contributed by atoms with Gasteiger partial charge in [-0.25, -0.2) is 14.2 Å². The van der Waals surface area contributed by atoms with E-state index in [0.29, 0.717) is 0 Å². The summed E-state index contributed by atoms with van der Waals surface area (Å²) in [5.41, 5.74) is 6.42. The lowest BCUT2D eigenvalue weighted by Gasteiger charge is -1.88. The van der Waals surface area contributed by atoms with E-state index in [4.69, 9.17) is 5.73 Å². The predicted octanol–water partition coefficient (Wildman–Crippen LogP) is -0.338. The standard InChI is InChI=1S/C3H8NO2S/c1-2-7(5,6)3-4/h4H,2-3H2,1H3. The van der Waals surface area contributed by atoms with E-state index in [-0.39, 0.29) is 5.75 Å². The summed E-state index contributed by atoms with van der Waals surface area (Å²) in [6, 6.07) is 0. The molecule has 0 aliphatic rings. The molecule has 4 heteroatoms. The second kappa shape index (κ2) is 2.28. The maximum absolute atomic E-state index is 10.2. The van der Waals surface area contributed by atoms with Crippen LogP contribution in [-0.4, -0.2) is 20.0 Å². The van der Waals surface area contributed by atoms with E-state index in [1.807, 2.05) is 0 Å². The summed E-state index contributed by atoms with van der Waals surface area (Å²) in [6.45, 7) is 1.53. The van der Waals surface area contributed by atoms with Crippen LogP contribution in [0.1, 0.15) is 6.92 Å². The van der Waals surface area contributed by atoms with E-state index in [1.165, 1.54) is 6.92 Å². The molecule has 1 radical (unpaired) electrons. The van der Waals surface area contributed by atoms with Crippen LogP contribution in [-0.2, 0) is 9.84 Å². The minimum atomic E-state index is -2.99. The molecule has 0 aromatic heterocycles. The fourth-order valence-electron chi connectivity index (χ4n) is 0.102. The van der Waals surface area contributed by atoms with Crippen LogP contribution in [0.4, 0.5) is 0 Å². The average molecular weight is 122 g/mol. The molecule has 0 aromatic rings. The summed E-state index contributed by atoms with van der Waals surface area (Å²) < 4.78 is 20.4. The molecular formula is C3H8NO2S. The Balaban J connectivity index is 3.89. The number of hydrogen-bond acceptors (Lipinski definition) is 2. The molecule has 0 atom stereocenters. The first-order valence-corrected chi connectivity index (χ1v) is 3.79. The Morgan fingerprint density at radius 3 is 2.00 bits per heavy atom. The second-order valence-electron chi connectivity index (χ2n) is 1.18. The first kappa shape index (κ1) is 6.91. The Hall–Kier alpha value is -0.0900. The van der Waals surface area contributed by atoms with Gasteiger partial charge in [-0.2, -0.15) is 0 Å². The maximum Gasteiger partial charge on any atom is 0.164 e. The molecule has 0 aromatic carbocycles. The molecule has 0 aliphatic heterocycles. The van der Waals surface area contributed by atoms with Gasteiger partial charge in [0.1, 0.15) is 5.88 Å². The van der Waals surface area contributed by atoms with Gasteiger partial charge in [-0.1, -0.05) is 6.92 Å². The highest BCUT2D eigenvalue weighted by Crippen LogP contribution is 1.81. The zero-order valence-electron chi connectivity index (χ0n) is 4.14. The zero-order chi connectivity index (χ0) is 5.91. The van der Waals surface area contributed by atoms with Crippen LogP contribution in [0.5, 0.6) is 0 Å². The molecule has 0 saturated heterocycles. The Labute approximate surface area is 43.4 Å². The van der Waals surface area contributed by atoms with Crippen molar-refractivity contribution >= 4 is 9.84 Å². The van der Waals surface area contributed by atoms with Gasteiger partial charge in [0, 0.05) is 5.75 Å². The fourth-order valence-corrected chi connectivity index (χ4v) is 0.306. The van der Waals surface area contributed by atoms with Crippen LogP contribution in [0.2, 0.25) is 0 Å². The van der Waals surface area contributed by atoms with Crippen molar-refractivity contribution in [1.29, 1.82) is 0 Å². The predicted molar refractivity (Wildman–Crippen MR) is 27.4 cm³/mol. The van der Waals surface area contributed by atoms with Gasteiger partial charge in [0.2, 0.25) is 0 Å². The van der Waals surface area contributed by atoms with Crippen molar-refractivity contribution < 1.29 is 8.42 Å². The Bertz CT molecular complexity index is 116. The molecule has 0 amide bonds. The summed E-state index contributed by atoms with van der Waals surface area (Å²) in [6.07, 6.45) is 0. The molecule has 7 heavy (non-hydrogen) atoms. The summed E-state index contributed by atoms with van der Waals surface area (Å²) in [5, 5.41) is 0. The smallest absolute Gasteiger partial charge is 0.164 e. The summed E-state index contributed by atoms with van der Waals surface area (Å²) >= 11 is 0. The fraction of sp³-hybridized carbons (Fsp3) is 1.00. The second-order valence-corrected chi connectivity index (χ2v) is 3.53. The number of sulfone groups is 1. The van der Waals surface area contributed by atoms with Crippen molar-refractivity contribution in [3.05, 3.63) is 0 Å². The van der Waals surface area contributed by atoms with Gasteiger partial charge >= 0.3 is 0 Å². The minimum Gasteiger partial charge on any atom is -0.242 e. The number of nitrogens with one attached hydrogen (secondary N) is 1. The molecule has 0 bridgehead atoms. The Kier molecular flexibility index (Phi) is 2.25. The molecule has 0 fully saturated rings. The van der Waals surface area contributed by atoms with E-state index in [9.17, 15) is 8.42 Å². The van der Waals surface area contributed by atoms with Crippen molar-refractivity contribution in [2.24, 2.45) is 0 Å². The maximum atomic E-state index is 10.2. The first-order valence-electron chi connectivity index (χ1n) is 1.97. The third-order valence-corrected chi connectivity index (χ3v) is 1.98. The lowest BCUT2D eigenvalue weighted by molar-refractivity contribution is 0.597. The monoisotopic (exact) mass is 122 g/mol. The molecule has 1 N–H and O–H groups in total. The highest BCUT2D eigenvalue weighted by atomic mass is 32.2. The SMILES string of the molecule is CCS(=O)(=O)C[NH]. The van der Waals surface area contributed by atoms with Crippen LogP contribution < -0.4 is 5.73 Å². The zero-order valence-corrected chi connectivity index (χ0v) is 4.96. The van der Waals surface area contributed by atoms with Crippen molar-refractivity contribution in [2.45, 2.75) is 6.92 Å². The lowest BCUT2D eigenvalue weighted by Crippen LogP contribution is -2.08. The van der Waals surface area contributed by atoms with E-state index in [1.54, 1.807) is 0 Å². The quantitative estimate of drug-likeness (QED) is 0.503. The molecular weight excluding hydrogens is 114 g/mol.